The van der Waals surface area contributed by atoms with Gasteiger partial charge in [0.2, 0.25) is 0 Å². The Bertz CT molecular complexity index is 1090. The van der Waals surface area contributed by atoms with Gasteiger partial charge in [0.15, 0.2) is 0 Å². The third kappa shape index (κ3) is 10.1. The van der Waals surface area contributed by atoms with Crippen molar-refractivity contribution in [2.24, 2.45) is 11.8 Å². The summed E-state index contributed by atoms with van der Waals surface area (Å²) >= 11 is 1.83. The highest BCUT2D eigenvalue weighted by Gasteiger charge is 2.44. The number of carbonyl (C=O) groups is 3. The standard InChI is InChI=1S/C19H23N3O2S.2C2HF3O2/c1-13-4-7-25-18(13)11-22-9-16-15(12-24-17(16)10-22)8-21-19(23)14-2-5-20-6-3-14;2*3-2(4,5)1(6)7/h2-7,15-17H,8-12H2,1H3,(H,21,23);2*(H,6,7)/t15-,16+,17+;;/m0../s1. The molecule has 0 radical (unpaired) electrons. The topological polar surface area (TPSA) is 129 Å². The number of hydrogen-bond acceptors (Lipinski definition) is 7. The number of fused-ring (bicyclic) bond motifs is 1. The Hall–Kier alpha value is -3.24. The summed E-state index contributed by atoms with van der Waals surface area (Å²) in [4.78, 5) is 37.9. The zero-order chi connectivity index (χ0) is 29.4. The van der Waals surface area contributed by atoms with Crippen molar-refractivity contribution < 1.29 is 55.7 Å². The second-order valence-corrected chi connectivity index (χ2v) is 9.57. The molecule has 16 heteroatoms. The molecule has 3 N–H and O–H groups in total. The fourth-order valence-corrected chi connectivity index (χ4v) is 4.77. The number of likely N-dealkylation sites (tertiary alicyclic amines) is 1. The van der Waals surface area contributed by atoms with Crippen LogP contribution < -0.4 is 5.32 Å². The number of halogens is 6. The van der Waals surface area contributed by atoms with Gasteiger partial charge in [0.05, 0.1) is 12.7 Å². The quantitative estimate of drug-likeness (QED) is 0.455. The van der Waals surface area contributed by atoms with Crippen LogP contribution in [-0.2, 0) is 20.9 Å². The maximum Gasteiger partial charge on any atom is 0.490 e. The Balaban J connectivity index is 0.000000317. The number of alkyl halides is 6. The van der Waals surface area contributed by atoms with Gasteiger partial charge in [0, 0.05) is 60.8 Å². The number of nitrogens with one attached hydrogen (secondary N) is 1. The summed E-state index contributed by atoms with van der Waals surface area (Å²) in [7, 11) is 0. The number of thiophene rings is 1. The number of aliphatic carboxylic acids is 2. The van der Waals surface area contributed by atoms with Crippen LogP contribution in [0.25, 0.3) is 0 Å². The Labute approximate surface area is 222 Å². The summed E-state index contributed by atoms with van der Waals surface area (Å²) in [5.41, 5.74) is 2.04. The van der Waals surface area contributed by atoms with Crippen molar-refractivity contribution in [3.63, 3.8) is 0 Å². The number of carboxylic acid groups (broad SMARTS) is 2. The molecule has 2 aromatic rings. The van der Waals surface area contributed by atoms with Crippen molar-refractivity contribution in [1.82, 2.24) is 15.2 Å². The highest BCUT2D eigenvalue weighted by molar-refractivity contribution is 7.10. The Morgan fingerprint density at radius 3 is 2.10 bits per heavy atom. The van der Waals surface area contributed by atoms with E-state index in [2.05, 4.69) is 33.6 Å². The highest BCUT2D eigenvalue weighted by atomic mass is 32.1. The first-order valence-electron chi connectivity index (χ1n) is 11.2. The summed E-state index contributed by atoms with van der Waals surface area (Å²) in [5, 5.41) is 19.5. The van der Waals surface area contributed by atoms with Crippen LogP contribution in [-0.4, -0.2) is 82.6 Å². The number of nitrogens with zero attached hydrogens (tertiary/aromatic N) is 2. The van der Waals surface area contributed by atoms with Gasteiger partial charge < -0.3 is 20.3 Å². The molecular formula is C23H25F6N3O6S. The fourth-order valence-electron chi connectivity index (χ4n) is 3.82. The van der Waals surface area contributed by atoms with Gasteiger partial charge in [-0.2, -0.15) is 26.3 Å². The molecule has 0 aliphatic carbocycles. The summed E-state index contributed by atoms with van der Waals surface area (Å²) in [6.07, 6.45) is -6.57. The van der Waals surface area contributed by atoms with Gasteiger partial charge in [-0.25, -0.2) is 9.59 Å². The lowest BCUT2D eigenvalue weighted by molar-refractivity contribution is -0.193. The molecule has 2 aromatic heterocycles. The van der Waals surface area contributed by atoms with E-state index in [0.717, 1.165) is 26.2 Å². The van der Waals surface area contributed by atoms with Crippen molar-refractivity contribution >= 4 is 29.2 Å². The molecule has 39 heavy (non-hydrogen) atoms. The van der Waals surface area contributed by atoms with Gasteiger partial charge in [-0.1, -0.05) is 0 Å². The summed E-state index contributed by atoms with van der Waals surface area (Å²) in [6.45, 7) is 6.66. The summed E-state index contributed by atoms with van der Waals surface area (Å²) < 4.78 is 69.5. The van der Waals surface area contributed by atoms with Crippen molar-refractivity contribution in [1.29, 1.82) is 0 Å². The Morgan fingerprint density at radius 2 is 1.62 bits per heavy atom. The number of hydrogen-bond donors (Lipinski definition) is 3. The van der Waals surface area contributed by atoms with Crippen LogP contribution in [0.3, 0.4) is 0 Å². The van der Waals surface area contributed by atoms with E-state index in [4.69, 9.17) is 24.5 Å². The molecule has 0 bridgehead atoms. The van der Waals surface area contributed by atoms with Gasteiger partial charge in [-0.3, -0.25) is 14.7 Å². The van der Waals surface area contributed by atoms with Crippen molar-refractivity contribution in [3.8, 4) is 0 Å². The zero-order valence-electron chi connectivity index (χ0n) is 20.3. The largest absolute Gasteiger partial charge is 0.490 e. The summed E-state index contributed by atoms with van der Waals surface area (Å²) in [5.74, 6) is -4.64. The molecule has 4 rings (SSSR count). The lowest BCUT2D eigenvalue weighted by Gasteiger charge is -2.19. The lowest BCUT2D eigenvalue weighted by Crippen LogP contribution is -2.34. The van der Waals surface area contributed by atoms with E-state index >= 15 is 0 Å². The third-order valence-corrected chi connectivity index (χ3v) is 6.81. The molecule has 216 valence electrons. The maximum absolute atomic E-state index is 12.2. The Kier molecular flexibility index (Phi) is 11.2. The predicted octanol–water partition coefficient (Wildman–Crippen LogP) is 3.59. The number of rotatable bonds is 5. The molecular weight excluding hydrogens is 560 g/mol. The maximum atomic E-state index is 12.2. The molecule has 9 nitrogen and oxygen atoms in total. The minimum atomic E-state index is -5.08. The van der Waals surface area contributed by atoms with Crippen LogP contribution in [0.2, 0.25) is 0 Å². The number of amides is 1. The number of carbonyl (C=O) groups excluding carboxylic acids is 1. The lowest BCUT2D eigenvalue weighted by atomic mass is 9.93. The molecule has 2 aliphatic rings. The van der Waals surface area contributed by atoms with Crippen LogP contribution in [0.1, 0.15) is 20.8 Å². The van der Waals surface area contributed by atoms with E-state index in [9.17, 15) is 31.1 Å². The van der Waals surface area contributed by atoms with E-state index in [1.165, 1.54) is 10.4 Å². The molecule has 2 saturated heterocycles. The van der Waals surface area contributed by atoms with Gasteiger partial charge >= 0.3 is 24.3 Å². The minimum Gasteiger partial charge on any atom is -0.475 e. The average molecular weight is 586 g/mol. The van der Waals surface area contributed by atoms with E-state index in [0.29, 0.717) is 30.0 Å². The molecule has 3 atom stereocenters. The second kappa shape index (κ2) is 13.7. The third-order valence-electron chi connectivity index (χ3n) is 5.80. The number of aryl methyl sites for hydroxylation is 1. The Morgan fingerprint density at radius 1 is 1.05 bits per heavy atom. The molecule has 0 saturated carbocycles. The molecule has 4 heterocycles. The van der Waals surface area contributed by atoms with Gasteiger partial charge in [-0.05, 0) is 36.1 Å². The van der Waals surface area contributed by atoms with Crippen LogP contribution in [0.15, 0.2) is 36.0 Å². The van der Waals surface area contributed by atoms with Crippen LogP contribution in [0.4, 0.5) is 26.3 Å². The number of carboxylic acids is 2. The van der Waals surface area contributed by atoms with Crippen molar-refractivity contribution in [2.45, 2.75) is 31.9 Å². The number of aromatic nitrogens is 1. The van der Waals surface area contributed by atoms with Crippen molar-refractivity contribution in [2.75, 3.05) is 26.2 Å². The predicted molar refractivity (Wildman–Crippen MR) is 125 cm³/mol. The highest BCUT2D eigenvalue weighted by Crippen LogP contribution is 2.34. The average Bonchev–Trinajstić information content (AvgIpc) is 3.54. The van der Waals surface area contributed by atoms with Gasteiger partial charge in [0.1, 0.15) is 0 Å². The SMILES string of the molecule is Cc1ccsc1CN1C[C@@H]2[C@@H](CNC(=O)c3ccncc3)CO[C@@H]2C1.O=C(O)C(F)(F)F.O=C(O)C(F)(F)F. The van der Waals surface area contributed by atoms with Crippen LogP contribution in [0, 0.1) is 18.8 Å². The van der Waals surface area contributed by atoms with Gasteiger partial charge in [-0.15, -0.1) is 11.3 Å². The molecule has 0 unspecified atom stereocenters. The first-order chi connectivity index (χ1) is 18.1. The molecule has 0 spiro atoms. The van der Waals surface area contributed by atoms with Gasteiger partial charge in [0.25, 0.3) is 5.91 Å². The summed E-state index contributed by atoms with van der Waals surface area (Å²) in [6, 6.07) is 5.67. The van der Waals surface area contributed by atoms with Crippen LogP contribution in [0.5, 0.6) is 0 Å². The van der Waals surface area contributed by atoms with E-state index in [1.807, 2.05) is 11.3 Å². The number of ether oxygens (including phenoxy) is 1. The monoisotopic (exact) mass is 585 g/mol. The molecule has 0 aromatic carbocycles. The second-order valence-electron chi connectivity index (χ2n) is 8.57. The van der Waals surface area contributed by atoms with Crippen molar-refractivity contribution in [3.05, 3.63) is 52.0 Å². The van der Waals surface area contributed by atoms with E-state index in [-0.39, 0.29) is 5.91 Å². The molecule has 1 amide bonds. The fraction of sp³-hybridized carbons (Fsp3) is 0.478. The van der Waals surface area contributed by atoms with E-state index < -0.39 is 24.3 Å². The smallest absolute Gasteiger partial charge is 0.475 e. The molecule has 2 fully saturated rings. The first kappa shape index (κ1) is 32.0. The van der Waals surface area contributed by atoms with Crippen LogP contribution >= 0.6 is 11.3 Å². The molecule has 2 aliphatic heterocycles. The minimum absolute atomic E-state index is 0.0325. The normalized spacial score (nSPS) is 20.6. The zero-order valence-corrected chi connectivity index (χ0v) is 21.1. The first-order valence-corrected chi connectivity index (χ1v) is 12.1. The number of pyridine rings is 1. The van der Waals surface area contributed by atoms with E-state index in [1.54, 1.807) is 24.5 Å².